The van der Waals surface area contributed by atoms with Crippen molar-refractivity contribution >= 4 is 63.6 Å². The third kappa shape index (κ3) is 8.15. The maximum Gasteiger partial charge on any atom is 0.401 e. The second-order valence-electron chi connectivity index (χ2n) is 9.82. The van der Waals surface area contributed by atoms with E-state index in [2.05, 4.69) is 5.32 Å². The van der Waals surface area contributed by atoms with Crippen molar-refractivity contribution in [2.45, 2.75) is 30.7 Å². The Morgan fingerprint density at radius 2 is 1.45 bits per heavy atom. The fourth-order valence-electron chi connectivity index (χ4n) is 4.43. The number of likely N-dealkylation sites (N-methyl/N-ethyl adjacent to an activating group) is 1. The van der Waals surface area contributed by atoms with Crippen molar-refractivity contribution < 1.29 is 40.3 Å². The van der Waals surface area contributed by atoms with E-state index in [0.29, 0.717) is 12.4 Å². The summed E-state index contributed by atoms with van der Waals surface area (Å²) in [5, 5.41) is 1.91. The minimum absolute atomic E-state index is 0.0639. The number of aldehydes is 1. The Morgan fingerprint density at radius 3 is 1.95 bits per heavy atom. The van der Waals surface area contributed by atoms with Gasteiger partial charge in [-0.05, 0) is 54.6 Å². The molecule has 0 fully saturated rings. The van der Waals surface area contributed by atoms with Crippen LogP contribution in [0.5, 0.6) is 0 Å². The van der Waals surface area contributed by atoms with E-state index in [-0.39, 0.29) is 37.0 Å². The van der Waals surface area contributed by atoms with Crippen LogP contribution in [0.25, 0.3) is 16.6 Å². The normalized spacial score (nSPS) is 15.0. The zero-order valence-electron chi connectivity index (χ0n) is 21.8. The molecule has 2 atom stereocenters. The van der Waals surface area contributed by atoms with Crippen LogP contribution in [-0.2, 0) is 4.79 Å². The molecule has 0 radical (unpaired) electrons. The second-order valence-corrected chi connectivity index (χ2v) is 11.0. The molecule has 0 aliphatic heterocycles. The molecule has 0 aliphatic rings. The predicted molar refractivity (Wildman–Crippen MR) is 149 cm³/mol. The zero-order valence-corrected chi connectivity index (χ0v) is 24.1. The van der Waals surface area contributed by atoms with Gasteiger partial charge in [0, 0.05) is 17.7 Å². The van der Waals surface area contributed by atoms with Gasteiger partial charge in [0.1, 0.15) is 23.6 Å². The molecular formula is C28H22Cl3F7N2O2. The highest BCUT2D eigenvalue weighted by atomic mass is 35.5. The molecule has 3 rings (SSSR count). The molecule has 1 amide bonds. The van der Waals surface area contributed by atoms with E-state index in [1.165, 1.54) is 31.2 Å². The van der Waals surface area contributed by atoms with E-state index in [9.17, 15) is 35.9 Å². The van der Waals surface area contributed by atoms with E-state index < -0.39 is 54.2 Å². The summed E-state index contributed by atoms with van der Waals surface area (Å²) in [7, 11) is 1.13. The summed E-state index contributed by atoms with van der Waals surface area (Å²) in [5.41, 5.74) is -2.55. The molecule has 3 aromatic carbocycles. The first-order valence-electron chi connectivity index (χ1n) is 12.0. The number of alkyl halides is 6. The monoisotopic (exact) mass is 656 g/mol. The van der Waals surface area contributed by atoms with Crippen LogP contribution in [0.4, 0.5) is 30.7 Å². The number of hydrogen-bond donors (Lipinski definition) is 1. The highest BCUT2D eigenvalue weighted by Gasteiger charge is 2.40. The number of nitrogens with one attached hydrogen (secondary N) is 1. The van der Waals surface area contributed by atoms with Gasteiger partial charge in [-0.3, -0.25) is 9.69 Å². The molecule has 0 aliphatic carbocycles. The van der Waals surface area contributed by atoms with Crippen LogP contribution >= 0.6 is 34.8 Å². The number of rotatable bonds is 9. The molecule has 0 saturated heterocycles. The molecule has 0 heterocycles. The lowest BCUT2D eigenvalue weighted by atomic mass is 9.93. The van der Waals surface area contributed by atoms with Gasteiger partial charge in [-0.2, -0.15) is 26.3 Å². The van der Waals surface area contributed by atoms with Crippen LogP contribution in [0.15, 0.2) is 54.6 Å². The van der Waals surface area contributed by atoms with Gasteiger partial charge in [0.15, 0.2) is 0 Å². The van der Waals surface area contributed by atoms with Crippen molar-refractivity contribution in [1.82, 2.24) is 10.2 Å². The van der Waals surface area contributed by atoms with Crippen molar-refractivity contribution in [3.8, 4) is 0 Å². The van der Waals surface area contributed by atoms with Crippen molar-refractivity contribution in [3.05, 3.63) is 86.4 Å². The van der Waals surface area contributed by atoms with Gasteiger partial charge in [-0.25, -0.2) is 4.39 Å². The summed E-state index contributed by atoms with van der Waals surface area (Å²) in [6.45, 7) is -0.578. The number of carbonyl (C=O) groups is 2. The van der Waals surface area contributed by atoms with E-state index in [1.807, 2.05) is 0 Å². The predicted octanol–water partition coefficient (Wildman–Crippen LogP) is 8.64. The van der Waals surface area contributed by atoms with Crippen molar-refractivity contribution in [3.63, 3.8) is 0 Å². The molecule has 3 aromatic rings. The molecule has 0 aromatic heterocycles. The van der Waals surface area contributed by atoms with Crippen LogP contribution in [0.2, 0.25) is 15.1 Å². The summed E-state index contributed by atoms with van der Waals surface area (Å²) in [6.07, 6.45) is -8.85. The number of halogens is 10. The van der Waals surface area contributed by atoms with Crippen LogP contribution in [0.3, 0.4) is 0 Å². The second kappa shape index (κ2) is 12.8. The molecule has 0 spiro atoms. The summed E-state index contributed by atoms with van der Waals surface area (Å²) in [5.74, 6) is -4.60. The number of fused-ring (bicyclic) bond motifs is 1. The lowest BCUT2D eigenvalue weighted by Gasteiger charge is -2.30. The van der Waals surface area contributed by atoms with Gasteiger partial charge in [0.05, 0.1) is 21.6 Å². The first-order valence-corrected chi connectivity index (χ1v) is 13.1. The number of allylic oxidation sites excluding steroid dienone is 1. The molecule has 1 unspecified atom stereocenters. The van der Waals surface area contributed by atoms with Crippen molar-refractivity contribution in [2.24, 2.45) is 0 Å². The highest BCUT2D eigenvalue weighted by molar-refractivity contribution is 6.48. The number of benzene rings is 3. The Balaban J connectivity index is 2.02. The fraction of sp³-hybridized carbons (Fsp3) is 0.286. The minimum atomic E-state index is -4.95. The standard InChI is InChI=1S/C28H22Cl3F7N2O2/c1-26(14-41,12-40(2)13-27(33,34)35)39-25(42)19-8-7-18(16-5-3-4-6-17(16)19)23(32)11-20(28(36,37)38)15-9-21(29)24(31)22(30)10-15/h3-11,14,20H,12-13H2,1-2H3,(H,39,42)/b23-11-/t20?,26-/m0/s1. The summed E-state index contributed by atoms with van der Waals surface area (Å²) in [4.78, 5) is 25.7. The summed E-state index contributed by atoms with van der Waals surface area (Å²) >= 11 is 17.6. The van der Waals surface area contributed by atoms with Crippen molar-refractivity contribution in [2.75, 3.05) is 20.1 Å². The van der Waals surface area contributed by atoms with Crippen LogP contribution in [-0.4, -0.2) is 55.1 Å². The van der Waals surface area contributed by atoms with Gasteiger partial charge < -0.3 is 10.1 Å². The molecule has 42 heavy (non-hydrogen) atoms. The Labute approximate surface area is 251 Å². The average Bonchev–Trinajstić information content (AvgIpc) is 2.87. The average molecular weight is 658 g/mol. The highest BCUT2D eigenvalue weighted by Crippen LogP contribution is 2.42. The van der Waals surface area contributed by atoms with Gasteiger partial charge in [0.2, 0.25) is 0 Å². The third-order valence-corrected chi connectivity index (χ3v) is 7.36. The van der Waals surface area contributed by atoms with Crippen LogP contribution in [0, 0.1) is 0 Å². The summed E-state index contributed by atoms with van der Waals surface area (Å²) < 4.78 is 95.9. The van der Waals surface area contributed by atoms with Crippen LogP contribution < -0.4 is 5.32 Å². The SMILES string of the molecule is CN(CC(F)(F)F)C[C@@](C)(C=O)NC(=O)c1ccc(/C(F)=C/C(c2cc(Cl)c(Cl)c(Cl)c2)C(F)(F)F)c2ccccc12. The smallest absolute Gasteiger partial charge is 0.339 e. The van der Waals surface area contributed by atoms with Crippen LogP contribution in [0.1, 0.15) is 34.3 Å². The number of amides is 1. The van der Waals surface area contributed by atoms with E-state index in [0.717, 1.165) is 36.2 Å². The quantitative estimate of drug-likeness (QED) is 0.142. The lowest BCUT2D eigenvalue weighted by Crippen LogP contribution is -2.55. The molecule has 1 N–H and O–H groups in total. The maximum absolute atomic E-state index is 15.6. The largest absolute Gasteiger partial charge is 0.401 e. The number of carbonyl (C=O) groups excluding carboxylic acids is 2. The first kappa shape index (κ1) is 33.6. The van der Waals surface area contributed by atoms with Gasteiger partial charge in [-0.1, -0.05) is 65.1 Å². The Bertz CT molecular complexity index is 1500. The van der Waals surface area contributed by atoms with Crippen molar-refractivity contribution in [1.29, 1.82) is 0 Å². The topological polar surface area (TPSA) is 49.4 Å². The minimum Gasteiger partial charge on any atom is -0.339 e. The van der Waals surface area contributed by atoms with Gasteiger partial charge in [-0.15, -0.1) is 0 Å². The Morgan fingerprint density at radius 1 is 0.929 bits per heavy atom. The summed E-state index contributed by atoms with van der Waals surface area (Å²) in [6, 6.07) is 9.85. The molecule has 0 bridgehead atoms. The van der Waals surface area contributed by atoms with E-state index in [4.69, 9.17) is 34.8 Å². The molecular weight excluding hydrogens is 636 g/mol. The maximum atomic E-state index is 15.6. The molecule has 4 nitrogen and oxygen atoms in total. The Hall–Kier alpha value is -2.86. The lowest BCUT2D eigenvalue weighted by molar-refractivity contribution is -0.145. The molecule has 226 valence electrons. The molecule has 0 saturated carbocycles. The van der Waals surface area contributed by atoms with E-state index in [1.54, 1.807) is 0 Å². The van der Waals surface area contributed by atoms with Gasteiger partial charge >= 0.3 is 12.4 Å². The number of hydrogen-bond acceptors (Lipinski definition) is 3. The fourth-order valence-corrected chi connectivity index (χ4v) is 5.04. The number of nitrogens with zero attached hydrogens (tertiary/aromatic N) is 1. The Kier molecular flexibility index (Phi) is 10.2. The van der Waals surface area contributed by atoms with E-state index >= 15 is 4.39 Å². The third-order valence-electron chi connectivity index (χ3n) is 6.16. The zero-order chi connectivity index (χ0) is 31.6. The van der Waals surface area contributed by atoms with Gasteiger partial charge in [0.25, 0.3) is 5.91 Å². The molecule has 14 heteroatoms. The first-order chi connectivity index (χ1) is 19.3.